The number of hydrogen-bond donors (Lipinski definition) is 2. The zero-order valence-corrected chi connectivity index (χ0v) is 14.6. The van der Waals surface area contributed by atoms with E-state index < -0.39 is 10.0 Å². The monoisotopic (exact) mass is 339 g/mol. The molecule has 0 saturated heterocycles. The molecule has 0 spiro atoms. The van der Waals surface area contributed by atoms with Crippen molar-refractivity contribution in [2.75, 3.05) is 16.6 Å². The molecule has 5 nitrogen and oxygen atoms in total. The Balaban J connectivity index is 1.99. The predicted octanol–water partition coefficient (Wildman–Crippen LogP) is 3.71. The summed E-state index contributed by atoms with van der Waals surface area (Å²) >= 11 is 1.24. The second-order valence-corrected chi connectivity index (χ2v) is 8.71. The third-order valence-electron chi connectivity index (χ3n) is 3.03. The van der Waals surface area contributed by atoms with Gasteiger partial charge in [-0.1, -0.05) is 13.8 Å². The van der Waals surface area contributed by atoms with Gasteiger partial charge in [0.05, 0.1) is 11.9 Å². The summed E-state index contributed by atoms with van der Waals surface area (Å²) in [6, 6.07) is 6.87. The number of hydrogen-bond acceptors (Lipinski definition) is 5. The normalized spacial score (nSPS) is 11.6. The van der Waals surface area contributed by atoms with Gasteiger partial charge in [0.2, 0.25) is 0 Å². The van der Waals surface area contributed by atoms with Crippen LogP contribution in [-0.2, 0) is 10.0 Å². The van der Waals surface area contributed by atoms with Gasteiger partial charge in [-0.25, -0.2) is 13.4 Å². The minimum absolute atomic E-state index is 0.297. The number of aromatic nitrogens is 1. The van der Waals surface area contributed by atoms with Gasteiger partial charge in [-0.15, -0.1) is 11.3 Å². The largest absolute Gasteiger partial charge is 0.384 e. The highest BCUT2D eigenvalue weighted by Gasteiger charge is 2.16. The summed E-state index contributed by atoms with van der Waals surface area (Å²) in [4.78, 5) is 5.10. The molecule has 0 saturated carbocycles. The Labute approximate surface area is 135 Å². The Kier molecular flexibility index (Phi) is 5.42. The third-order valence-corrected chi connectivity index (χ3v) is 5.88. The van der Waals surface area contributed by atoms with E-state index in [2.05, 4.69) is 28.9 Å². The Morgan fingerprint density at radius 1 is 1.23 bits per heavy atom. The Hall–Kier alpha value is -1.60. The highest BCUT2D eigenvalue weighted by molar-refractivity contribution is 7.94. The zero-order valence-electron chi connectivity index (χ0n) is 13.0. The van der Waals surface area contributed by atoms with Crippen molar-refractivity contribution in [3.63, 3.8) is 0 Å². The minimum Gasteiger partial charge on any atom is -0.384 e. The van der Waals surface area contributed by atoms with E-state index in [1.54, 1.807) is 24.4 Å². The number of anilines is 2. The Morgan fingerprint density at radius 2 is 2.00 bits per heavy atom. The highest BCUT2D eigenvalue weighted by Crippen LogP contribution is 2.23. The van der Waals surface area contributed by atoms with Crippen molar-refractivity contribution < 1.29 is 8.42 Å². The number of rotatable bonds is 7. The van der Waals surface area contributed by atoms with Crippen molar-refractivity contribution in [3.8, 4) is 0 Å². The predicted molar refractivity (Wildman–Crippen MR) is 92.0 cm³/mol. The maximum atomic E-state index is 12.2. The molecule has 7 heteroatoms. The van der Waals surface area contributed by atoms with Gasteiger partial charge >= 0.3 is 0 Å². The van der Waals surface area contributed by atoms with E-state index in [-0.39, 0.29) is 0 Å². The van der Waals surface area contributed by atoms with Crippen LogP contribution in [0.5, 0.6) is 0 Å². The summed E-state index contributed by atoms with van der Waals surface area (Å²) in [5.41, 5.74) is 0.885. The standard InChI is InChI=1S/C15H21N3O2S2/c1-11(2)8-9-16-13-5-6-14(17-10-13)18-22(19,20)15-7-4-12(3)21-15/h4-7,10-11,16H,8-9H2,1-3H3,(H,17,18). The van der Waals surface area contributed by atoms with E-state index in [1.165, 1.54) is 11.3 Å². The van der Waals surface area contributed by atoms with Crippen LogP contribution < -0.4 is 10.0 Å². The van der Waals surface area contributed by atoms with Crippen LogP contribution in [0.1, 0.15) is 25.1 Å². The lowest BCUT2D eigenvalue weighted by Crippen LogP contribution is -2.12. The number of sulfonamides is 1. The number of thiophene rings is 1. The number of aryl methyl sites for hydroxylation is 1. The minimum atomic E-state index is -3.55. The van der Waals surface area contributed by atoms with Crippen molar-refractivity contribution in [3.05, 3.63) is 35.3 Å². The van der Waals surface area contributed by atoms with Crippen LogP contribution >= 0.6 is 11.3 Å². The first kappa shape index (κ1) is 16.8. The van der Waals surface area contributed by atoms with Crippen LogP contribution in [0.4, 0.5) is 11.5 Å². The molecule has 0 aliphatic rings. The molecule has 2 heterocycles. The summed E-state index contributed by atoms with van der Waals surface area (Å²) in [5, 5.41) is 3.26. The molecule has 2 aromatic rings. The first-order valence-corrected chi connectivity index (χ1v) is 9.46. The number of nitrogens with zero attached hydrogens (tertiary/aromatic N) is 1. The molecule has 120 valence electrons. The van der Waals surface area contributed by atoms with E-state index in [0.29, 0.717) is 15.9 Å². The van der Waals surface area contributed by atoms with Gasteiger partial charge in [0, 0.05) is 11.4 Å². The zero-order chi connectivity index (χ0) is 16.2. The molecule has 22 heavy (non-hydrogen) atoms. The van der Waals surface area contributed by atoms with Gasteiger partial charge in [-0.05, 0) is 43.5 Å². The van der Waals surface area contributed by atoms with Crippen molar-refractivity contribution in [2.24, 2.45) is 5.92 Å². The van der Waals surface area contributed by atoms with Crippen molar-refractivity contribution in [1.82, 2.24) is 4.98 Å². The van der Waals surface area contributed by atoms with Gasteiger partial charge < -0.3 is 5.32 Å². The van der Waals surface area contributed by atoms with Crippen LogP contribution in [-0.4, -0.2) is 19.9 Å². The molecule has 2 N–H and O–H groups in total. The molecular formula is C15H21N3O2S2. The van der Waals surface area contributed by atoms with E-state index >= 15 is 0 Å². The molecule has 0 radical (unpaired) electrons. The van der Waals surface area contributed by atoms with Gasteiger partial charge in [0.1, 0.15) is 10.0 Å². The van der Waals surface area contributed by atoms with Gasteiger partial charge in [0.25, 0.3) is 10.0 Å². The molecule has 0 fully saturated rings. The van der Waals surface area contributed by atoms with Gasteiger partial charge in [-0.3, -0.25) is 4.72 Å². The number of nitrogens with one attached hydrogen (secondary N) is 2. The topological polar surface area (TPSA) is 71.1 Å². The van der Waals surface area contributed by atoms with E-state index in [1.807, 2.05) is 13.0 Å². The van der Waals surface area contributed by atoms with Gasteiger partial charge in [0.15, 0.2) is 0 Å². The molecule has 0 unspecified atom stereocenters. The Bertz CT molecular complexity index is 707. The molecule has 0 aliphatic heterocycles. The quantitative estimate of drug-likeness (QED) is 0.807. The van der Waals surface area contributed by atoms with Crippen molar-refractivity contribution >= 4 is 32.9 Å². The first-order valence-electron chi connectivity index (χ1n) is 7.16. The fraction of sp³-hybridized carbons (Fsp3) is 0.400. The molecule has 0 atom stereocenters. The molecule has 0 bridgehead atoms. The molecule has 0 aromatic carbocycles. The maximum absolute atomic E-state index is 12.2. The summed E-state index contributed by atoms with van der Waals surface area (Å²) in [7, 11) is -3.55. The van der Waals surface area contributed by atoms with Crippen molar-refractivity contribution in [1.29, 1.82) is 0 Å². The first-order chi connectivity index (χ1) is 10.4. The molecule has 0 aliphatic carbocycles. The second-order valence-electron chi connectivity index (χ2n) is 5.51. The highest BCUT2D eigenvalue weighted by atomic mass is 32.2. The van der Waals surface area contributed by atoms with Crippen LogP contribution in [0.25, 0.3) is 0 Å². The maximum Gasteiger partial charge on any atom is 0.272 e. The van der Waals surface area contributed by atoms with Crippen LogP contribution in [0.2, 0.25) is 0 Å². The van der Waals surface area contributed by atoms with E-state index in [9.17, 15) is 8.42 Å². The fourth-order valence-electron chi connectivity index (χ4n) is 1.81. The summed E-state index contributed by atoms with van der Waals surface area (Å²) in [6.07, 6.45) is 2.71. The lowest BCUT2D eigenvalue weighted by molar-refractivity contribution is 0.603. The van der Waals surface area contributed by atoms with E-state index in [0.717, 1.165) is 23.5 Å². The Morgan fingerprint density at radius 3 is 2.55 bits per heavy atom. The number of pyridine rings is 1. The van der Waals surface area contributed by atoms with Crippen LogP contribution in [0.3, 0.4) is 0 Å². The molecule has 0 amide bonds. The SMILES string of the molecule is Cc1ccc(S(=O)(=O)Nc2ccc(NCCC(C)C)cn2)s1. The fourth-order valence-corrected chi connectivity index (χ4v) is 4.10. The third kappa shape index (κ3) is 4.71. The van der Waals surface area contributed by atoms with Gasteiger partial charge in [-0.2, -0.15) is 0 Å². The second kappa shape index (κ2) is 7.11. The average Bonchev–Trinajstić information content (AvgIpc) is 2.88. The summed E-state index contributed by atoms with van der Waals surface area (Å²) in [5.74, 6) is 0.959. The lowest BCUT2D eigenvalue weighted by Gasteiger charge is -2.09. The summed E-state index contributed by atoms with van der Waals surface area (Å²) in [6.45, 7) is 7.09. The average molecular weight is 339 g/mol. The van der Waals surface area contributed by atoms with Crippen molar-refractivity contribution in [2.45, 2.75) is 31.4 Å². The summed E-state index contributed by atoms with van der Waals surface area (Å²) < 4.78 is 27.2. The smallest absolute Gasteiger partial charge is 0.272 e. The molecule has 2 aromatic heterocycles. The molecule has 2 rings (SSSR count). The van der Waals surface area contributed by atoms with Crippen LogP contribution in [0.15, 0.2) is 34.7 Å². The lowest BCUT2D eigenvalue weighted by atomic mass is 10.1. The van der Waals surface area contributed by atoms with Crippen LogP contribution in [0, 0.1) is 12.8 Å². The molecular weight excluding hydrogens is 318 g/mol. The van der Waals surface area contributed by atoms with E-state index in [4.69, 9.17) is 0 Å².